The number of aliphatic hydroxyl groups excluding tert-OH is 1. The summed E-state index contributed by atoms with van der Waals surface area (Å²) in [6.45, 7) is 7.52. The molecule has 0 amide bonds. The summed E-state index contributed by atoms with van der Waals surface area (Å²) >= 11 is 0. The molecule has 0 fully saturated rings. The van der Waals surface area contributed by atoms with Gasteiger partial charge in [-0.2, -0.15) is 0 Å². The number of hydrogen-bond donors (Lipinski definition) is 1. The van der Waals surface area contributed by atoms with Crippen molar-refractivity contribution in [1.82, 2.24) is 0 Å². The Morgan fingerprint density at radius 2 is 2.15 bits per heavy atom. The van der Waals surface area contributed by atoms with E-state index in [1.165, 1.54) is 0 Å². The summed E-state index contributed by atoms with van der Waals surface area (Å²) in [5.74, 6) is -0.0706. The van der Waals surface area contributed by atoms with Crippen LogP contribution >= 0.6 is 0 Å². The average molecular weight is 178 g/mol. The van der Waals surface area contributed by atoms with Crippen molar-refractivity contribution in [3.8, 4) is 0 Å². The zero-order valence-electron chi connectivity index (χ0n) is 8.05. The predicted molar refractivity (Wildman–Crippen MR) is 52.5 cm³/mol. The maximum absolute atomic E-state index is 11.7. The molecular weight excluding hydrogens is 164 g/mol. The first kappa shape index (κ1) is 9.78. The lowest BCUT2D eigenvalue weighted by atomic mass is 9.85. The lowest BCUT2D eigenvalue weighted by Gasteiger charge is -2.18. The van der Waals surface area contributed by atoms with E-state index in [2.05, 4.69) is 6.58 Å². The van der Waals surface area contributed by atoms with Crippen molar-refractivity contribution in [2.24, 2.45) is 0 Å². The molecule has 0 unspecified atom stereocenters. The summed E-state index contributed by atoms with van der Waals surface area (Å²) in [6.07, 6.45) is 2.38. The Kier molecular flexibility index (Phi) is 2.71. The van der Waals surface area contributed by atoms with E-state index in [4.69, 9.17) is 5.11 Å². The summed E-state index contributed by atoms with van der Waals surface area (Å²) in [7, 11) is 0. The Morgan fingerprint density at radius 3 is 2.62 bits per heavy atom. The second kappa shape index (κ2) is 3.60. The van der Waals surface area contributed by atoms with E-state index in [0.717, 1.165) is 23.8 Å². The Labute approximate surface area is 78.3 Å². The number of aliphatic hydroxyl groups is 1. The third kappa shape index (κ3) is 1.72. The molecule has 0 spiro atoms. The Morgan fingerprint density at radius 1 is 1.54 bits per heavy atom. The minimum Gasteiger partial charge on any atom is -0.515 e. The van der Waals surface area contributed by atoms with Crippen molar-refractivity contribution >= 4 is 5.78 Å². The van der Waals surface area contributed by atoms with Crippen LogP contribution in [0.5, 0.6) is 0 Å². The van der Waals surface area contributed by atoms with Gasteiger partial charge in [-0.25, -0.2) is 0 Å². The molecule has 0 saturated carbocycles. The zero-order chi connectivity index (χ0) is 10.0. The van der Waals surface area contributed by atoms with Crippen molar-refractivity contribution in [2.45, 2.75) is 26.7 Å². The average Bonchev–Trinajstić information content (AvgIpc) is 2.04. The SMILES string of the molecule is C=C(C)C1=C(C)CC/C(=C\O)C1=O. The Balaban J connectivity index is 3.15. The maximum Gasteiger partial charge on any atom is 0.192 e. The molecule has 1 rings (SSSR count). The highest BCUT2D eigenvalue weighted by atomic mass is 16.2. The number of carbonyl (C=O) groups is 1. The smallest absolute Gasteiger partial charge is 0.192 e. The van der Waals surface area contributed by atoms with Crippen LogP contribution in [-0.2, 0) is 4.79 Å². The van der Waals surface area contributed by atoms with Crippen LogP contribution < -0.4 is 0 Å². The molecule has 0 saturated heterocycles. The van der Waals surface area contributed by atoms with Crippen LogP contribution in [0.25, 0.3) is 0 Å². The van der Waals surface area contributed by atoms with E-state index in [1.54, 1.807) is 0 Å². The van der Waals surface area contributed by atoms with Gasteiger partial charge in [0.05, 0.1) is 6.26 Å². The van der Waals surface area contributed by atoms with Gasteiger partial charge in [-0.05, 0) is 32.3 Å². The third-order valence-electron chi connectivity index (χ3n) is 2.30. The minimum atomic E-state index is -0.0706. The third-order valence-corrected chi connectivity index (χ3v) is 2.30. The van der Waals surface area contributed by atoms with Crippen molar-refractivity contribution in [3.05, 3.63) is 35.1 Å². The lowest BCUT2D eigenvalue weighted by molar-refractivity contribution is -0.112. The predicted octanol–water partition coefficient (Wildman–Crippen LogP) is 2.68. The van der Waals surface area contributed by atoms with E-state index >= 15 is 0 Å². The van der Waals surface area contributed by atoms with Gasteiger partial charge in [-0.3, -0.25) is 4.79 Å². The summed E-state index contributed by atoms with van der Waals surface area (Å²) in [6, 6.07) is 0. The fourth-order valence-corrected chi connectivity index (χ4v) is 1.60. The fraction of sp³-hybridized carbons (Fsp3) is 0.364. The normalized spacial score (nSPS) is 21.1. The summed E-state index contributed by atoms with van der Waals surface area (Å²) < 4.78 is 0. The number of allylic oxidation sites excluding steroid dienone is 4. The second-order valence-electron chi connectivity index (χ2n) is 3.42. The second-order valence-corrected chi connectivity index (χ2v) is 3.42. The van der Waals surface area contributed by atoms with Gasteiger partial charge in [-0.1, -0.05) is 12.2 Å². The first-order valence-electron chi connectivity index (χ1n) is 4.31. The molecule has 0 radical (unpaired) electrons. The number of hydrogen-bond acceptors (Lipinski definition) is 2. The first-order valence-corrected chi connectivity index (χ1v) is 4.31. The van der Waals surface area contributed by atoms with Gasteiger partial charge in [0.15, 0.2) is 5.78 Å². The summed E-state index contributed by atoms with van der Waals surface area (Å²) in [5, 5.41) is 8.81. The summed E-state index contributed by atoms with van der Waals surface area (Å²) in [4.78, 5) is 11.7. The highest BCUT2D eigenvalue weighted by Gasteiger charge is 2.22. The molecule has 0 aromatic carbocycles. The van der Waals surface area contributed by atoms with E-state index in [0.29, 0.717) is 17.6 Å². The number of carbonyl (C=O) groups excluding carboxylic acids is 1. The molecule has 0 bridgehead atoms. The molecule has 13 heavy (non-hydrogen) atoms. The van der Waals surface area contributed by atoms with Crippen LogP contribution in [-0.4, -0.2) is 10.9 Å². The molecule has 1 aliphatic carbocycles. The quantitative estimate of drug-likeness (QED) is 0.495. The topological polar surface area (TPSA) is 37.3 Å². The van der Waals surface area contributed by atoms with Gasteiger partial charge in [0, 0.05) is 11.1 Å². The van der Waals surface area contributed by atoms with Crippen molar-refractivity contribution in [1.29, 1.82) is 0 Å². The van der Waals surface area contributed by atoms with Crippen LogP contribution in [0.1, 0.15) is 26.7 Å². The van der Waals surface area contributed by atoms with Gasteiger partial charge in [0.25, 0.3) is 0 Å². The minimum absolute atomic E-state index is 0.0706. The van der Waals surface area contributed by atoms with Gasteiger partial charge >= 0.3 is 0 Å². The molecule has 1 aliphatic rings. The molecule has 2 nitrogen and oxygen atoms in total. The summed E-state index contributed by atoms with van der Waals surface area (Å²) in [5.41, 5.74) is 3.03. The van der Waals surface area contributed by atoms with Crippen LogP contribution in [0.2, 0.25) is 0 Å². The molecule has 2 heteroatoms. The zero-order valence-corrected chi connectivity index (χ0v) is 8.05. The molecule has 1 N–H and O–H groups in total. The van der Waals surface area contributed by atoms with E-state index < -0.39 is 0 Å². The van der Waals surface area contributed by atoms with Gasteiger partial charge in [0.2, 0.25) is 0 Å². The monoisotopic (exact) mass is 178 g/mol. The van der Waals surface area contributed by atoms with E-state index in [1.807, 2.05) is 13.8 Å². The van der Waals surface area contributed by atoms with Crippen molar-refractivity contribution in [3.63, 3.8) is 0 Å². The fourth-order valence-electron chi connectivity index (χ4n) is 1.60. The Hall–Kier alpha value is -1.31. The number of rotatable bonds is 1. The van der Waals surface area contributed by atoms with E-state index in [9.17, 15) is 4.79 Å². The molecule has 0 atom stereocenters. The molecule has 0 aromatic rings. The van der Waals surface area contributed by atoms with Crippen LogP contribution in [0.4, 0.5) is 0 Å². The Bertz CT molecular complexity index is 319. The molecule has 0 heterocycles. The van der Waals surface area contributed by atoms with E-state index in [-0.39, 0.29) is 5.78 Å². The number of Topliss-reactive ketones (excluding diaryl/α,β-unsaturated/α-hetero) is 1. The highest BCUT2D eigenvalue weighted by Crippen LogP contribution is 2.28. The standard InChI is InChI=1S/C11H14O2/c1-7(2)10-8(3)4-5-9(6-12)11(10)13/h6,12H,1,4-5H2,2-3H3/b9-6+. The van der Waals surface area contributed by atoms with Gasteiger partial charge in [0.1, 0.15) is 0 Å². The van der Waals surface area contributed by atoms with Crippen LogP contribution in [0.15, 0.2) is 35.1 Å². The van der Waals surface area contributed by atoms with Gasteiger partial charge < -0.3 is 5.11 Å². The lowest BCUT2D eigenvalue weighted by Crippen LogP contribution is -2.14. The van der Waals surface area contributed by atoms with Crippen LogP contribution in [0.3, 0.4) is 0 Å². The molecule has 0 aliphatic heterocycles. The van der Waals surface area contributed by atoms with Crippen LogP contribution in [0, 0.1) is 0 Å². The molecule has 0 aromatic heterocycles. The highest BCUT2D eigenvalue weighted by molar-refractivity contribution is 6.12. The largest absolute Gasteiger partial charge is 0.515 e. The molecular formula is C11H14O2. The van der Waals surface area contributed by atoms with Crippen molar-refractivity contribution < 1.29 is 9.90 Å². The first-order chi connectivity index (χ1) is 6.07. The number of ketones is 1. The van der Waals surface area contributed by atoms with Crippen molar-refractivity contribution in [2.75, 3.05) is 0 Å². The van der Waals surface area contributed by atoms with Gasteiger partial charge in [-0.15, -0.1) is 0 Å². The maximum atomic E-state index is 11.7. The molecule has 70 valence electrons.